The third kappa shape index (κ3) is 2.99. The highest BCUT2D eigenvalue weighted by atomic mass is 79.9. The first-order valence-corrected chi connectivity index (χ1v) is 7.71. The zero-order valence-corrected chi connectivity index (χ0v) is 13.8. The maximum Gasteiger partial charge on any atom is 0.142 e. The minimum absolute atomic E-state index is 0.0309. The highest BCUT2D eigenvalue weighted by Crippen LogP contribution is 2.33. The molecule has 0 aliphatic carbocycles. The number of hydrogen-bond acceptors (Lipinski definition) is 3. The third-order valence-electron chi connectivity index (χ3n) is 3.50. The van der Waals surface area contributed by atoms with E-state index >= 15 is 0 Å². The number of nitriles is 1. The van der Waals surface area contributed by atoms with Crippen LogP contribution in [0.25, 0.3) is 22.4 Å². The molecule has 0 bridgehead atoms. The van der Waals surface area contributed by atoms with Crippen molar-refractivity contribution in [2.45, 2.75) is 0 Å². The van der Waals surface area contributed by atoms with Gasteiger partial charge in [0.15, 0.2) is 0 Å². The predicted molar refractivity (Wildman–Crippen MR) is 91.9 cm³/mol. The molecular formula is C18H10BrF2N3. The SMILES string of the molecule is N#Cc1c(-c2ccc(Br)cc2F)cc(-c2cccc(F)c2)nc1N. The van der Waals surface area contributed by atoms with Gasteiger partial charge in [0.2, 0.25) is 0 Å². The van der Waals surface area contributed by atoms with Crippen LogP contribution < -0.4 is 5.73 Å². The molecule has 1 aromatic heterocycles. The molecule has 24 heavy (non-hydrogen) atoms. The van der Waals surface area contributed by atoms with E-state index in [1.165, 1.54) is 24.3 Å². The lowest BCUT2D eigenvalue weighted by molar-refractivity contribution is 0.628. The van der Waals surface area contributed by atoms with Crippen molar-refractivity contribution in [1.29, 1.82) is 5.26 Å². The fourth-order valence-corrected chi connectivity index (χ4v) is 2.73. The summed E-state index contributed by atoms with van der Waals surface area (Å²) in [6.07, 6.45) is 0. The summed E-state index contributed by atoms with van der Waals surface area (Å²) in [4.78, 5) is 4.15. The second-order valence-corrected chi connectivity index (χ2v) is 5.98. The Balaban J connectivity index is 2.27. The molecule has 0 saturated carbocycles. The number of anilines is 1. The van der Waals surface area contributed by atoms with Crippen molar-refractivity contribution >= 4 is 21.7 Å². The average molecular weight is 386 g/mol. The number of benzene rings is 2. The summed E-state index contributed by atoms with van der Waals surface area (Å²) in [7, 11) is 0. The maximum absolute atomic E-state index is 14.3. The fourth-order valence-electron chi connectivity index (χ4n) is 2.40. The Morgan fingerprint density at radius 3 is 2.50 bits per heavy atom. The van der Waals surface area contributed by atoms with Crippen LogP contribution >= 0.6 is 15.9 Å². The van der Waals surface area contributed by atoms with Crippen molar-refractivity contribution in [3.05, 3.63) is 70.2 Å². The number of hydrogen-bond donors (Lipinski definition) is 1. The summed E-state index contributed by atoms with van der Waals surface area (Å²) in [5.41, 5.74) is 7.34. The van der Waals surface area contributed by atoms with Gasteiger partial charge in [-0.25, -0.2) is 13.8 Å². The van der Waals surface area contributed by atoms with Gasteiger partial charge < -0.3 is 5.73 Å². The Morgan fingerprint density at radius 2 is 1.83 bits per heavy atom. The van der Waals surface area contributed by atoms with E-state index in [-0.39, 0.29) is 16.9 Å². The molecule has 0 atom stereocenters. The Hall–Kier alpha value is -2.78. The molecule has 0 fully saturated rings. The fraction of sp³-hybridized carbons (Fsp3) is 0. The Labute approximate surface area is 145 Å². The molecule has 118 valence electrons. The molecule has 0 aliphatic heterocycles. The summed E-state index contributed by atoms with van der Waals surface area (Å²) in [5, 5.41) is 9.35. The molecule has 2 N–H and O–H groups in total. The van der Waals surface area contributed by atoms with Gasteiger partial charge in [-0.2, -0.15) is 5.26 Å². The summed E-state index contributed by atoms with van der Waals surface area (Å²) in [5.74, 6) is -0.957. The lowest BCUT2D eigenvalue weighted by Crippen LogP contribution is -2.00. The van der Waals surface area contributed by atoms with Crippen LogP contribution in [0.3, 0.4) is 0 Å². The van der Waals surface area contributed by atoms with Gasteiger partial charge in [-0.3, -0.25) is 0 Å². The number of nitrogen functional groups attached to an aromatic ring is 1. The monoisotopic (exact) mass is 385 g/mol. The lowest BCUT2D eigenvalue weighted by atomic mass is 9.98. The van der Waals surface area contributed by atoms with Crippen molar-refractivity contribution < 1.29 is 8.78 Å². The van der Waals surface area contributed by atoms with Crippen LogP contribution in [0.4, 0.5) is 14.6 Å². The maximum atomic E-state index is 14.3. The van der Waals surface area contributed by atoms with Gasteiger partial charge in [0.05, 0.1) is 5.69 Å². The van der Waals surface area contributed by atoms with E-state index in [0.29, 0.717) is 21.3 Å². The Bertz CT molecular complexity index is 980. The van der Waals surface area contributed by atoms with Crippen LogP contribution in [0, 0.1) is 23.0 Å². The number of aromatic nitrogens is 1. The second-order valence-electron chi connectivity index (χ2n) is 5.06. The molecule has 1 heterocycles. The molecule has 0 spiro atoms. The van der Waals surface area contributed by atoms with Gasteiger partial charge in [-0.05, 0) is 30.3 Å². The molecular weight excluding hydrogens is 376 g/mol. The first kappa shape index (κ1) is 16.1. The van der Waals surface area contributed by atoms with Gasteiger partial charge >= 0.3 is 0 Å². The molecule has 2 aromatic carbocycles. The number of nitrogens with zero attached hydrogens (tertiary/aromatic N) is 2. The van der Waals surface area contributed by atoms with Gasteiger partial charge in [0, 0.05) is 21.2 Å². The van der Waals surface area contributed by atoms with E-state index in [4.69, 9.17) is 5.73 Å². The Morgan fingerprint density at radius 1 is 1.04 bits per heavy atom. The predicted octanol–water partition coefficient (Wildman–Crippen LogP) is 4.91. The molecule has 6 heteroatoms. The van der Waals surface area contributed by atoms with E-state index in [1.54, 1.807) is 24.3 Å². The van der Waals surface area contributed by atoms with Crippen LogP contribution in [-0.4, -0.2) is 4.98 Å². The molecule has 0 aliphatic rings. The van der Waals surface area contributed by atoms with Gasteiger partial charge in [0.25, 0.3) is 0 Å². The minimum atomic E-state index is -0.503. The quantitative estimate of drug-likeness (QED) is 0.681. The summed E-state index contributed by atoms with van der Waals surface area (Å²) < 4.78 is 28.4. The van der Waals surface area contributed by atoms with E-state index in [1.807, 2.05) is 6.07 Å². The van der Waals surface area contributed by atoms with Crippen LogP contribution in [0.1, 0.15) is 5.56 Å². The smallest absolute Gasteiger partial charge is 0.142 e. The molecule has 0 amide bonds. The van der Waals surface area contributed by atoms with Gasteiger partial charge in [-0.15, -0.1) is 0 Å². The average Bonchev–Trinajstić information content (AvgIpc) is 2.54. The summed E-state index contributed by atoms with van der Waals surface area (Å²) >= 11 is 3.19. The van der Waals surface area contributed by atoms with Crippen molar-refractivity contribution in [3.8, 4) is 28.5 Å². The molecule has 0 saturated heterocycles. The van der Waals surface area contributed by atoms with Crippen LogP contribution in [-0.2, 0) is 0 Å². The Kier molecular flexibility index (Phi) is 4.28. The molecule has 0 radical (unpaired) electrons. The standard InChI is InChI=1S/C18H10BrF2N3/c19-11-4-5-13(16(21)7-11)14-8-17(24-18(23)15(14)9-22)10-2-1-3-12(20)6-10/h1-8H,(H2,23,24). The summed E-state index contributed by atoms with van der Waals surface area (Å²) in [6.45, 7) is 0. The van der Waals surface area contributed by atoms with Gasteiger partial charge in [-0.1, -0.05) is 34.1 Å². The first-order valence-electron chi connectivity index (χ1n) is 6.91. The van der Waals surface area contributed by atoms with Crippen molar-refractivity contribution in [1.82, 2.24) is 4.98 Å². The molecule has 3 rings (SSSR count). The van der Waals surface area contributed by atoms with E-state index in [2.05, 4.69) is 20.9 Å². The molecule has 0 unspecified atom stereocenters. The minimum Gasteiger partial charge on any atom is -0.383 e. The van der Waals surface area contributed by atoms with E-state index < -0.39 is 11.6 Å². The number of rotatable bonds is 2. The first-order chi connectivity index (χ1) is 11.5. The van der Waals surface area contributed by atoms with E-state index in [9.17, 15) is 14.0 Å². The molecule has 3 nitrogen and oxygen atoms in total. The van der Waals surface area contributed by atoms with Crippen molar-refractivity contribution in [3.63, 3.8) is 0 Å². The molecule has 3 aromatic rings. The van der Waals surface area contributed by atoms with Gasteiger partial charge in [0.1, 0.15) is 29.1 Å². The van der Waals surface area contributed by atoms with E-state index in [0.717, 1.165) is 0 Å². The highest BCUT2D eigenvalue weighted by Gasteiger charge is 2.16. The number of pyridine rings is 1. The van der Waals surface area contributed by atoms with Crippen LogP contribution in [0.15, 0.2) is 53.0 Å². The second kappa shape index (κ2) is 6.38. The van der Waals surface area contributed by atoms with Crippen LogP contribution in [0.2, 0.25) is 0 Å². The normalized spacial score (nSPS) is 10.4. The number of nitrogens with two attached hydrogens (primary N) is 1. The number of halogens is 3. The van der Waals surface area contributed by atoms with Crippen molar-refractivity contribution in [2.24, 2.45) is 0 Å². The third-order valence-corrected chi connectivity index (χ3v) is 3.99. The zero-order chi connectivity index (χ0) is 17.3. The highest BCUT2D eigenvalue weighted by molar-refractivity contribution is 9.10. The summed E-state index contributed by atoms with van der Waals surface area (Å²) in [6, 6.07) is 13.8. The largest absolute Gasteiger partial charge is 0.383 e. The van der Waals surface area contributed by atoms with Crippen LogP contribution in [0.5, 0.6) is 0 Å². The lowest BCUT2D eigenvalue weighted by Gasteiger charge is -2.11. The van der Waals surface area contributed by atoms with Crippen molar-refractivity contribution in [2.75, 3.05) is 5.73 Å². The topological polar surface area (TPSA) is 62.7 Å². The zero-order valence-electron chi connectivity index (χ0n) is 12.2.